The first-order chi connectivity index (χ1) is 19.9. The lowest BCUT2D eigenvalue weighted by Gasteiger charge is -2.24. The van der Waals surface area contributed by atoms with Crippen LogP contribution in [0.3, 0.4) is 0 Å². The summed E-state index contributed by atoms with van der Waals surface area (Å²) >= 11 is 1.61. The van der Waals surface area contributed by atoms with E-state index in [1.54, 1.807) is 46.4 Å². The fraction of sp³-hybridized carbons (Fsp3) is 0.147. The van der Waals surface area contributed by atoms with E-state index in [-0.39, 0.29) is 24.8 Å². The van der Waals surface area contributed by atoms with Crippen LogP contribution in [0, 0.1) is 0 Å². The number of fused-ring (bicyclic) bond motifs is 1. The molecule has 0 unspecified atom stereocenters. The van der Waals surface area contributed by atoms with Gasteiger partial charge in [0.15, 0.2) is 0 Å². The first-order valence-electron chi connectivity index (χ1n) is 13.4. The molecule has 1 N–H and O–H groups in total. The van der Waals surface area contributed by atoms with Gasteiger partial charge in [0.25, 0.3) is 11.8 Å². The Kier molecular flexibility index (Phi) is 8.56. The highest BCUT2D eigenvalue weighted by molar-refractivity contribution is 7.09. The smallest absolute Gasteiger partial charge is 0.305 e. The van der Waals surface area contributed by atoms with Gasteiger partial charge in [-0.1, -0.05) is 78.9 Å². The van der Waals surface area contributed by atoms with Crippen LogP contribution in [0.4, 0.5) is 5.69 Å². The third-order valence-electron chi connectivity index (χ3n) is 7.13. The number of rotatable bonds is 10. The SMILES string of the molecule is CN(C(=O)c1ccccc1-c1ccccc1C(=O)N(CCC(=O)O)CCc1cccs1)c1cccc2ccccc12. The predicted molar refractivity (Wildman–Crippen MR) is 165 cm³/mol. The van der Waals surface area contributed by atoms with E-state index >= 15 is 0 Å². The molecule has 0 aliphatic carbocycles. The molecule has 0 saturated heterocycles. The summed E-state index contributed by atoms with van der Waals surface area (Å²) in [6.45, 7) is 0.490. The zero-order chi connectivity index (χ0) is 28.8. The maximum Gasteiger partial charge on any atom is 0.305 e. The van der Waals surface area contributed by atoms with E-state index in [9.17, 15) is 19.5 Å². The van der Waals surface area contributed by atoms with E-state index in [1.807, 2.05) is 90.3 Å². The van der Waals surface area contributed by atoms with Crippen molar-refractivity contribution in [3.63, 3.8) is 0 Å². The maximum absolute atomic E-state index is 14.0. The molecule has 4 aromatic carbocycles. The third kappa shape index (κ3) is 6.21. The van der Waals surface area contributed by atoms with Gasteiger partial charge in [-0.25, -0.2) is 0 Å². The van der Waals surface area contributed by atoms with Gasteiger partial charge in [-0.2, -0.15) is 0 Å². The average Bonchev–Trinajstić information content (AvgIpc) is 3.53. The Labute approximate surface area is 243 Å². The summed E-state index contributed by atoms with van der Waals surface area (Å²) in [5.41, 5.74) is 2.96. The number of hydrogen-bond acceptors (Lipinski definition) is 4. The monoisotopic (exact) mass is 562 g/mol. The van der Waals surface area contributed by atoms with Gasteiger partial charge in [0, 0.05) is 41.5 Å². The predicted octanol–water partition coefficient (Wildman–Crippen LogP) is 7.00. The molecule has 0 aliphatic rings. The first-order valence-corrected chi connectivity index (χ1v) is 14.3. The van der Waals surface area contributed by atoms with Crippen LogP contribution in [0.15, 0.2) is 109 Å². The number of aliphatic carboxylic acids is 1. The molecule has 7 heteroatoms. The first kappa shape index (κ1) is 27.8. The van der Waals surface area contributed by atoms with Gasteiger partial charge in [0.05, 0.1) is 12.1 Å². The van der Waals surface area contributed by atoms with Crippen LogP contribution in [-0.4, -0.2) is 47.9 Å². The third-order valence-corrected chi connectivity index (χ3v) is 8.06. The summed E-state index contributed by atoms with van der Waals surface area (Å²) in [7, 11) is 1.76. The Bertz CT molecular complexity index is 1690. The zero-order valence-corrected chi connectivity index (χ0v) is 23.5. The van der Waals surface area contributed by atoms with Gasteiger partial charge in [0.2, 0.25) is 0 Å². The van der Waals surface area contributed by atoms with Crippen molar-refractivity contribution in [3.05, 3.63) is 125 Å². The van der Waals surface area contributed by atoms with E-state index in [1.165, 1.54) is 0 Å². The van der Waals surface area contributed by atoms with Crippen molar-refractivity contribution in [1.82, 2.24) is 4.90 Å². The highest BCUT2D eigenvalue weighted by atomic mass is 32.1. The van der Waals surface area contributed by atoms with Gasteiger partial charge in [-0.05, 0) is 52.6 Å². The molecule has 1 heterocycles. The summed E-state index contributed by atoms with van der Waals surface area (Å²) in [4.78, 5) is 43.7. The van der Waals surface area contributed by atoms with Gasteiger partial charge in [-0.3, -0.25) is 14.4 Å². The Morgan fingerprint density at radius 3 is 2.02 bits per heavy atom. The van der Waals surface area contributed by atoms with Gasteiger partial charge in [0.1, 0.15) is 0 Å². The molecule has 1 aromatic heterocycles. The molecule has 0 bridgehead atoms. The molecule has 0 radical (unpaired) electrons. The van der Waals surface area contributed by atoms with E-state index in [4.69, 9.17) is 0 Å². The number of anilines is 1. The van der Waals surface area contributed by atoms with Crippen LogP contribution in [0.2, 0.25) is 0 Å². The van der Waals surface area contributed by atoms with Crippen LogP contribution in [-0.2, 0) is 11.2 Å². The normalized spacial score (nSPS) is 10.9. The minimum atomic E-state index is -0.959. The summed E-state index contributed by atoms with van der Waals surface area (Å²) in [6.07, 6.45) is 0.485. The maximum atomic E-state index is 14.0. The number of carboxylic acids is 1. The van der Waals surface area contributed by atoms with E-state index in [0.717, 1.165) is 21.3 Å². The Hall–Kier alpha value is -4.75. The van der Waals surface area contributed by atoms with Crippen LogP contribution in [0.1, 0.15) is 32.0 Å². The lowest BCUT2D eigenvalue weighted by atomic mass is 9.93. The Balaban J connectivity index is 1.50. The number of thiophene rings is 1. The zero-order valence-electron chi connectivity index (χ0n) is 22.7. The van der Waals surface area contributed by atoms with Crippen molar-refractivity contribution < 1.29 is 19.5 Å². The quantitative estimate of drug-likeness (QED) is 0.199. The molecule has 0 fully saturated rings. The summed E-state index contributed by atoms with van der Waals surface area (Å²) in [5.74, 6) is -1.41. The Morgan fingerprint density at radius 1 is 0.707 bits per heavy atom. The fourth-order valence-corrected chi connectivity index (χ4v) is 5.71. The molecule has 0 spiro atoms. The number of carboxylic acid groups (broad SMARTS) is 1. The van der Waals surface area contributed by atoms with Crippen molar-refractivity contribution in [2.45, 2.75) is 12.8 Å². The topological polar surface area (TPSA) is 77.9 Å². The molecule has 0 atom stereocenters. The second kappa shape index (κ2) is 12.6. The van der Waals surface area contributed by atoms with Crippen molar-refractivity contribution in [3.8, 4) is 11.1 Å². The highest BCUT2D eigenvalue weighted by Crippen LogP contribution is 2.32. The fourth-order valence-electron chi connectivity index (χ4n) is 5.02. The van der Waals surface area contributed by atoms with Crippen LogP contribution in [0.25, 0.3) is 21.9 Å². The number of benzene rings is 4. The number of nitrogens with zero attached hydrogens (tertiary/aromatic N) is 2. The molecule has 41 heavy (non-hydrogen) atoms. The van der Waals surface area contributed by atoms with E-state index in [2.05, 4.69) is 0 Å². The molecule has 6 nitrogen and oxygen atoms in total. The van der Waals surface area contributed by atoms with Gasteiger partial charge < -0.3 is 14.9 Å². The lowest BCUT2D eigenvalue weighted by Crippen LogP contribution is -2.35. The van der Waals surface area contributed by atoms with E-state index < -0.39 is 5.97 Å². The van der Waals surface area contributed by atoms with Gasteiger partial charge >= 0.3 is 5.97 Å². The second-order valence-electron chi connectivity index (χ2n) is 9.72. The molecule has 0 aliphatic heterocycles. The van der Waals surface area contributed by atoms with Crippen molar-refractivity contribution in [1.29, 1.82) is 0 Å². The molecule has 206 valence electrons. The average molecular weight is 563 g/mol. The van der Waals surface area contributed by atoms with Crippen LogP contribution < -0.4 is 4.90 Å². The summed E-state index contributed by atoms with van der Waals surface area (Å²) < 4.78 is 0. The van der Waals surface area contributed by atoms with Gasteiger partial charge in [-0.15, -0.1) is 11.3 Å². The second-order valence-corrected chi connectivity index (χ2v) is 10.8. The summed E-state index contributed by atoms with van der Waals surface area (Å²) in [5, 5.41) is 13.3. The van der Waals surface area contributed by atoms with Crippen LogP contribution >= 0.6 is 11.3 Å². The number of hydrogen-bond donors (Lipinski definition) is 1. The summed E-state index contributed by atoms with van der Waals surface area (Å²) in [6, 6.07) is 32.3. The Morgan fingerprint density at radius 2 is 1.34 bits per heavy atom. The van der Waals surface area contributed by atoms with Crippen molar-refractivity contribution in [2.24, 2.45) is 0 Å². The van der Waals surface area contributed by atoms with Crippen LogP contribution in [0.5, 0.6) is 0 Å². The van der Waals surface area contributed by atoms with Crippen molar-refractivity contribution in [2.75, 3.05) is 25.0 Å². The minimum Gasteiger partial charge on any atom is -0.481 e. The highest BCUT2D eigenvalue weighted by Gasteiger charge is 2.24. The molecule has 2 amide bonds. The standard InChI is InChI=1S/C34H30N2O4S/c1-35(31-18-8-11-24-10-2-3-13-26(24)31)33(39)29-16-6-4-14-27(29)28-15-5-7-17-30(28)34(40)36(22-20-32(37)38)21-19-25-12-9-23-41-25/h2-18,23H,19-22H2,1H3,(H,37,38). The molecule has 5 rings (SSSR count). The number of carbonyl (C=O) groups is 3. The molecular weight excluding hydrogens is 532 g/mol. The van der Waals surface area contributed by atoms with E-state index in [0.29, 0.717) is 35.2 Å². The number of carbonyl (C=O) groups excluding carboxylic acids is 2. The largest absolute Gasteiger partial charge is 0.481 e. The number of amides is 2. The minimum absolute atomic E-state index is 0.0955. The molecule has 0 saturated carbocycles. The molecule has 5 aromatic rings. The molecular formula is C34H30N2O4S. The lowest BCUT2D eigenvalue weighted by molar-refractivity contribution is -0.137. The van der Waals surface area contributed by atoms with Crippen molar-refractivity contribution >= 4 is 45.6 Å².